The van der Waals surface area contributed by atoms with Crippen molar-refractivity contribution in [1.29, 1.82) is 0 Å². The highest BCUT2D eigenvalue weighted by atomic mass is 16.5. The van der Waals surface area contributed by atoms with Crippen LogP contribution in [0.4, 0.5) is 17.2 Å². The maximum Gasteiger partial charge on any atom is 0.262 e. The molecule has 2 fully saturated rings. The molecule has 0 saturated carbocycles. The van der Waals surface area contributed by atoms with Crippen LogP contribution in [-0.2, 0) is 23.9 Å². The largest absolute Gasteiger partial charge is 0.507 e. The highest BCUT2D eigenvalue weighted by Crippen LogP contribution is 2.32. The molecule has 1 aromatic heterocycles. The smallest absolute Gasteiger partial charge is 0.262 e. The molecule has 0 spiro atoms. The molecule has 6 N–H and O–H groups in total. The van der Waals surface area contributed by atoms with E-state index in [0.29, 0.717) is 55.7 Å². The second kappa shape index (κ2) is 17.2. The van der Waals surface area contributed by atoms with Gasteiger partial charge in [0.25, 0.3) is 11.8 Å². The lowest BCUT2D eigenvalue weighted by Crippen LogP contribution is -2.54. The first-order valence-electron chi connectivity index (χ1n) is 17.6. The number of rotatable bonds is 16. The van der Waals surface area contributed by atoms with Crippen LogP contribution in [0.3, 0.4) is 0 Å². The van der Waals surface area contributed by atoms with Gasteiger partial charge >= 0.3 is 0 Å². The number of phenolic OH excluding ortho intramolecular Hbond substituents is 1. The Kier molecular flexibility index (Phi) is 12.1. The summed E-state index contributed by atoms with van der Waals surface area (Å²) in [7, 11) is 0. The Morgan fingerprint density at radius 3 is 2.42 bits per heavy atom. The number of benzene rings is 2. The van der Waals surface area contributed by atoms with Crippen LogP contribution in [0.15, 0.2) is 48.5 Å². The van der Waals surface area contributed by atoms with Crippen LogP contribution in [0.25, 0.3) is 11.3 Å². The lowest BCUT2D eigenvalue weighted by atomic mass is 10.0. The van der Waals surface area contributed by atoms with Gasteiger partial charge in [0, 0.05) is 69.9 Å². The maximum absolute atomic E-state index is 13.0. The first-order chi connectivity index (χ1) is 25.7. The fourth-order valence-corrected chi connectivity index (χ4v) is 6.46. The van der Waals surface area contributed by atoms with Crippen LogP contribution in [0, 0.1) is 0 Å². The zero-order valence-corrected chi connectivity index (χ0v) is 29.2. The second-order valence-electron chi connectivity index (χ2n) is 12.8. The number of para-hydroxylation sites is 1. The predicted molar refractivity (Wildman–Crippen MR) is 193 cm³/mol. The highest BCUT2D eigenvalue weighted by molar-refractivity contribution is 6.23. The number of ether oxygens (including phenoxy) is 2. The van der Waals surface area contributed by atoms with Gasteiger partial charge < -0.3 is 35.8 Å². The van der Waals surface area contributed by atoms with Crippen molar-refractivity contribution in [3.8, 4) is 17.0 Å². The molecule has 2 saturated heterocycles. The minimum absolute atomic E-state index is 0.0631. The molecule has 0 bridgehead atoms. The van der Waals surface area contributed by atoms with Gasteiger partial charge in [-0.25, -0.2) is 0 Å². The molecule has 1 atom stereocenters. The van der Waals surface area contributed by atoms with Crippen molar-refractivity contribution in [2.75, 3.05) is 88.2 Å². The number of aromatic hydroxyl groups is 1. The Morgan fingerprint density at radius 1 is 0.887 bits per heavy atom. The van der Waals surface area contributed by atoms with Gasteiger partial charge in [0.1, 0.15) is 11.8 Å². The molecule has 3 aliphatic rings. The zero-order chi connectivity index (χ0) is 37.3. The maximum atomic E-state index is 13.0. The van der Waals surface area contributed by atoms with E-state index >= 15 is 0 Å². The number of hydrogen-bond donors (Lipinski definition) is 5. The number of nitrogens with zero attached hydrogens (tertiary/aromatic N) is 5. The number of anilines is 3. The van der Waals surface area contributed by atoms with Gasteiger partial charge in [-0.3, -0.25) is 39.1 Å². The molecule has 17 nitrogen and oxygen atoms in total. The number of fused-ring (bicyclic) bond motifs is 1. The van der Waals surface area contributed by atoms with Crippen molar-refractivity contribution >= 4 is 46.7 Å². The second-order valence-corrected chi connectivity index (χ2v) is 12.8. The topological polar surface area (TPSA) is 222 Å². The Morgan fingerprint density at radius 2 is 1.64 bits per heavy atom. The molecule has 3 aliphatic heterocycles. The van der Waals surface area contributed by atoms with E-state index in [-0.39, 0.29) is 48.7 Å². The standard InChI is InChI=1S/C36H43N9O8/c37-33-29(22-27(41-42-33)25-3-1-2-4-30(25)46)44-15-13-43(14-16-44)12-10-39-31(47)9-17-52-19-20-53-18-11-38-23-5-6-24-26(21-23)36(51)45(35(24)50)28-7-8-32(48)40-34(28)49/h1-6,21-22,28,38,46H,7-20H2,(H2,37,42)(H,39,47)(H,40,48,49). The summed E-state index contributed by atoms with van der Waals surface area (Å²) in [6.07, 6.45) is 0.405. The number of piperidine rings is 1. The minimum atomic E-state index is -1.01. The van der Waals surface area contributed by atoms with Gasteiger partial charge in [-0.15, -0.1) is 10.2 Å². The quantitative estimate of drug-likeness (QED) is 0.101. The Balaban J connectivity index is 0.800. The van der Waals surface area contributed by atoms with Crippen molar-refractivity contribution in [3.05, 3.63) is 59.7 Å². The predicted octanol–water partition coefficient (Wildman–Crippen LogP) is 0.606. The van der Waals surface area contributed by atoms with Gasteiger partial charge in [-0.1, -0.05) is 12.1 Å². The van der Waals surface area contributed by atoms with Gasteiger partial charge in [-0.05, 0) is 42.8 Å². The molecule has 53 heavy (non-hydrogen) atoms. The van der Waals surface area contributed by atoms with Crippen molar-refractivity contribution < 1.29 is 38.6 Å². The number of aromatic nitrogens is 2. The lowest BCUT2D eigenvalue weighted by Gasteiger charge is -2.36. The molecule has 2 aromatic carbocycles. The van der Waals surface area contributed by atoms with Crippen LogP contribution in [0.1, 0.15) is 40.0 Å². The number of hydrogen-bond acceptors (Lipinski definition) is 14. The normalized spacial score (nSPS) is 17.5. The number of nitrogens with one attached hydrogen (secondary N) is 3. The molecular formula is C36H43N9O8. The number of carbonyl (C=O) groups excluding carboxylic acids is 5. The SMILES string of the molecule is Nc1nnc(-c2ccccc2O)cc1N1CCN(CCNC(=O)CCOCCOCCNc2ccc3c(c2)C(=O)N(C2CCC(=O)NC2=O)C3=O)CC1. The molecule has 1 unspecified atom stereocenters. The van der Waals surface area contributed by atoms with Gasteiger partial charge in [0.2, 0.25) is 17.7 Å². The minimum Gasteiger partial charge on any atom is -0.507 e. The summed E-state index contributed by atoms with van der Waals surface area (Å²) in [6.45, 7) is 6.03. The molecule has 0 radical (unpaired) electrons. The number of phenols is 1. The van der Waals surface area contributed by atoms with Gasteiger partial charge in [-0.2, -0.15) is 0 Å². The summed E-state index contributed by atoms with van der Waals surface area (Å²) in [5, 5.41) is 26.8. The molecule has 3 aromatic rings. The molecule has 280 valence electrons. The summed E-state index contributed by atoms with van der Waals surface area (Å²) < 4.78 is 11.1. The third-order valence-corrected chi connectivity index (χ3v) is 9.31. The summed E-state index contributed by atoms with van der Waals surface area (Å²) in [5.74, 6) is -1.80. The average molecular weight is 730 g/mol. The number of piperazine rings is 1. The van der Waals surface area contributed by atoms with E-state index in [9.17, 15) is 29.1 Å². The number of nitrogen functional groups attached to an aromatic ring is 1. The molecule has 4 heterocycles. The van der Waals surface area contributed by atoms with Crippen molar-refractivity contribution in [2.45, 2.75) is 25.3 Å². The summed E-state index contributed by atoms with van der Waals surface area (Å²) in [5.41, 5.74) is 9.12. The molecular weight excluding hydrogens is 686 g/mol. The lowest BCUT2D eigenvalue weighted by molar-refractivity contribution is -0.136. The first kappa shape index (κ1) is 37.1. The van der Waals surface area contributed by atoms with Crippen LogP contribution in [-0.4, -0.2) is 133 Å². The van der Waals surface area contributed by atoms with Gasteiger partial charge in [0.05, 0.1) is 48.9 Å². The van der Waals surface area contributed by atoms with E-state index < -0.39 is 29.7 Å². The van der Waals surface area contributed by atoms with E-state index in [1.807, 2.05) is 12.1 Å². The fourth-order valence-electron chi connectivity index (χ4n) is 6.46. The fraction of sp³-hybridized carbons (Fsp3) is 0.417. The Hall–Kier alpha value is -5.65. The van der Waals surface area contributed by atoms with Crippen LogP contribution in [0.2, 0.25) is 0 Å². The summed E-state index contributed by atoms with van der Waals surface area (Å²) in [6, 6.07) is 12.6. The third-order valence-electron chi connectivity index (χ3n) is 9.31. The Bertz CT molecular complexity index is 1850. The van der Waals surface area contributed by atoms with Crippen LogP contribution in [0.5, 0.6) is 5.75 Å². The van der Waals surface area contributed by atoms with Crippen LogP contribution < -0.4 is 26.6 Å². The molecule has 17 heteroatoms. The van der Waals surface area contributed by atoms with Crippen molar-refractivity contribution in [2.24, 2.45) is 0 Å². The first-order valence-corrected chi connectivity index (χ1v) is 17.6. The monoisotopic (exact) mass is 729 g/mol. The van der Waals surface area contributed by atoms with E-state index in [1.54, 1.807) is 36.4 Å². The zero-order valence-electron chi connectivity index (χ0n) is 29.2. The van der Waals surface area contributed by atoms with Crippen LogP contribution >= 0.6 is 0 Å². The number of imide groups is 2. The number of carbonyl (C=O) groups is 5. The number of amides is 5. The third kappa shape index (κ3) is 9.05. The summed E-state index contributed by atoms with van der Waals surface area (Å²) in [4.78, 5) is 67.2. The molecule has 6 rings (SSSR count). The van der Waals surface area contributed by atoms with E-state index in [2.05, 4.69) is 35.9 Å². The molecule has 0 aliphatic carbocycles. The number of nitrogens with two attached hydrogens (primary N) is 1. The van der Waals surface area contributed by atoms with Crippen molar-refractivity contribution in [3.63, 3.8) is 0 Å². The van der Waals surface area contributed by atoms with E-state index in [0.717, 1.165) is 43.3 Å². The highest BCUT2D eigenvalue weighted by Gasteiger charge is 2.44. The average Bonchev–Trinajstić information content (AvgIpc) is 3.39. The van der Waals surface area contributed by atoms with E-state index in [4.69, 9.17) is 15.2 Å². The molecule has 5 amide bonds. The van der Waals surface area contributed by atoms with Gasteiger partial charge in [0.15, 0.2) is 5.82 Å². The van der Waals surface area contributed by atoms with E-state index in [1.165, 1.54) is 0 Å². The summed E-state index contributed by atoms with van der Waals surface area (Å²) >= 11 is 0. The van der Waals surface area contributed by atoms with Crippen molar-refractivity contribution in [1.82, 2.24) is 30.6 Å². The Labute approximate surface area is 305 Å².